The van der Waals surface area contributed by atoms with Crippen LogP contribution < -0.4 is 16.4 Å². The number of alkyl halides is 1. The van der Waals surface area contributed by atoms with Crippen LogP contribution >= 0.6 is 0 Å². The summed E-state index contributed by atoms with van der Waals surface area (Å²) >= 11 is 0. The summed E-state index contributed by atoms with van der Waals surface area (Å²) in [4.78, 5) is 47.5. The zero-order chi connectivity index (χ0) is 29.1. The second kappa shape index (κ2) is 12.6. The minimum absolute atomic E-state index is 0.00997. The van der Waals surface area contributed by atoms with Gasteiger partial charge in [0.25, 0.3) is 5.91 Å². The SMILES string of the molecule is CN1CC(F)CNC1C(C(=O)Nc1cnccc1-c1ccc(C(=O)N2CCN(C3COC3)CC2)cc1F)C(N)N=O. The maximum atomic E-state index is 15.5. The third-order valence-electron chi connectivity index (χ3n) is 7.97. The molecule has 14 heteroatoms. The van der Waals surface area contributed by atoms with Crippen LogP contribution in [0.2, 0.25) is 0 Å². The van der Waals surface area contributed by atoms with E-state index in [-0.39, 0.29) is 35.8 Å². The van der Waals surface area contributed by atoms with Crippen LogP contribution in [-0.4, -0.2) is 116 Å². The highest BCUT2D eigenvalue weighted by Crippen LogP contribution is 2.31. The fourth-order valence-corrected chi connectivity index (χ4v) is 5.57. The van der Waals surface area contributed by atoms with Gasteiger partial charge in [0, 0.05) is 62.2 Å². The van der Waals surface area contributed by atoms with E-state index in [9.17, 15) is 18.9 Å². The lowest BCUT2D eigenvalue weighted by molar-refractivity contribution is -0.124. The molecule has 0 saturated carbocycles. The van der Waals surface area contributed by atoms with Crippen molar-refractivity contribution in [2.24, 2.45) is 16.8 Å². The van der Waals surface area contributed by atoms with Gasteiger partial charge in [0.15, 0.2) is 6.17 Å². The number of nitroso groups, excluding NO2 is 1. The van der Waals surface area contributed by atoms with E-state index in [1.807, 2.05) is 0 Å². The molecule has 4 atom stereocenters. The highest BCUT2D eigenvalue weighted by Gasteiger charge is 2.40. The van der Waals surface area contributed by atoms with Gasteiger partial charge < -0.3 is 20.7 Å². The van der Waals surface area contributed by atoms with E-state index in [0.717, 1.165) is 13.1 Å². The van der Waals surface area contributed by atoms with E-state index >= 15 is 4.39 Å². The predicted octanol–water partition coefficient (Wildman–Crippen LogP) is 0.849. The summed E-state index contributed by atoms with van der Waals surface area (Å²) < 4.78 is 34.6. The Bertz CT molecular complexity index is 1270. The first-order valence-electron chi connectivity index (χ1n) is 13.6. The number of piperazine rings is 1. The first-order valence-corrected chi connectivity index (χ1v) is 13.6. The van der Waals surface area contributed by atoms with Crippen molar-refractivity contribution in [3.05, 3.63) is 52.9 Å². The molecule has 0 radical (unpaired) electrons. The van der Waals surface area contributed by atoms with Gasteiger partial charge in [-0.3, -0.25) is 29.7 Å². The van der Waals surface area contributed by atoms with E-state index < -0.39 is 36.1 Å². The maximum Gasteiger partial charge on any atom is 0.254 e. The summed E-state index contributed by atoms with van der Waals surface area (Å²) in [5.41, 5.74) is 6.77. The maximum absolute atomic E-state index is 15.5. The lowest BCUT2D eigenvalue weighted by atomic mass is 9.97. The van der Waals surface area contributed by atoms with E-state index in [1.54, 1.807) is 22.9 Å². The number of benzene rings is 1. The van der Waals surface area contributed by atoms with Crippen LogP contribution in [0.4, 0.5) is 14.5 Å². The quantitative estimate of drug-likeness (QED) is 0.392. The number of carbonyl (C=O) groups excluding carboxylic acids is 2. The molecule has 5 rings (SSSR count). The van der Waals surface area contributed by atoms with E-state index in [1.165, 1.54) is 30.6 Å². The number of carbonyl (C=O) groups is 2. The highest BCUT2D eigenvalue weighted by molar-refractivity contribution is 5.98. The van der Waals surface area contributed by atoms with Crippen LogP contribution in [-0.2, 0) is 9.53 Å². The topological polar surface area (TPSA) is 145 Å². The van der Waals surface area contributed by atoms with Gasteiger partial charge in [-0.15, -0.1) is 4.91 Å². The van der Waals surface area contributed by atoms with Gasteiger partial charge in [-0.1, -0.05) is 11.2 Å². The molecular formula is C27H34F2N8O4. The molecule has 4 unspecified atom stereocenters. The molecule has 220 valence electrons. The molecule has 0 bridgehead atoms. The van der Waals surface area contributed by atoms with Crippen molar-refractivity contribution in [3.8, 4) is 11.1 Å². The van der Waals surface area contributed by atoms with Gasteiger partial charge in [-0.25, -0.2) is 8.78 Å². The molecule has 3 saturated heterocycles. The standard InChI is InChI=1S/C27H34F2N8O4/c1-35-13-17(28)11-32-25(35)23(24(30)34-40)26(38)33-22-12-31-5-4-20(22)19-3-2-16(10-21(19)29)27(39)37-8-6-36(7-9-37)18-14-41-15-18/h2-5,10,12,17-18,23-25,32H,6-9,11,13-15,30H2,1H3,(H,33,38). The van der Waals surface area contributed by atoms with Crippen LogP contribution in [0.15, 0.2) is 41.8 Å². The largest absolute Gasteiger partial charge is 0.378 e. The second-order valence-corrected chi connectivity index (χ2v) is 10.6. The lowest BCUT2D eigenvalue weighted by Crippen LogP contribution is -2.62. The van der Waals surface area contributed by atoms with E-state index in [2.05, 4.69) is 25.7 Å². The minimum Gasteiger partial charge on any atom is -0.378 e. The summed E-state index contributed by atoms with van der Waals surface area (Å²) in [5.74, 6) is -2.72. The molecule has 3 aliphatic rings. The molecule has 4 N–H and O–H groups in total. The Labute approximate surface area is 236 Å². The monoisotopic (exact) mass is 572 g/mol. The Balaban J connectivity index is 1.31. The van der Waals surface area contributed by atoms with Crippen molar-refractivity contribution in [3.63, 3.8) is 0 Å². The van der Waals surface area contributed by atoms with E-state index in [4.69, 9.17) is 10.5 Å². The Kier molecular flexibility index (Phi) is 8.94. The molecule has 12 nitrogen and oxygen atoms in total. The van der Waals surface area contributed by atoms with Crippen molar-refractivity contribution in [1.29, 1.82) is 0 Å². The molecule has 3 aliphatic heterocycles. The number of pyridine rings is 1. The van der Waals surface area contributed by atoms with Crippen LogP contribution in [0, 0.1) is 16.6 Å². The third kappa shape index (κ3) is 6.26. The summed E-state index contributed by atoms with van der Waals surface area (Å²) in [6, 6.07) is 6.18. The molecule has 41 heavy (non-hydrogen) atoms. The van der Waals surface area contributed by atoms with Crippen molar-refractivity contribution < 1.29 is 23.1 Å². The third-order valence-corrected chi connectivity index (χ3v) is 7.97. The number of anilines is 1. The van der Waals surface area contributed by atoms with Gasteiger partial charge in [0.2, 0.25) is 5.91 Å². The number of nitrogens with zero attached hydrogens (tertiary/aromatic N) is 5. The fourth-order valence-electron chi connectivity index (χ4n) is 5.57. The summed E-state index contributed by atoms with van der Waals surface area (Å²) in [6.07, 6.45) is -0.511. The van der Waals surface area contributed by atoms with E-state index in [0.29, 0.717) is 37.9 Å². The number of ether oxygens (including phenoxy) is 1. The molecular weight excluding hydrogens is 538 g/mol. The van der Waals surface area contributed by atoms with Gasteiger partial charge in [-0.05, 0) is 25.2 Å². The van der Waals surface area contributed by atoms with Crippen molar-refractivity contribution in [2.75, 3.05) is 64.8 Å². The number of amides is 2. The first-order chi connectivity index (χ1) is 19.8. The number of hydrogen-bond acceptors (Lipinski definition) is 10. The number of aromatic nitrogens is 1. The Morgan fingerprint density at radius 3 is 2.59 bits per heavy atom. The Hall–Kier alpha value is -3.43. The zero-order valence-corrected chi connectivity index (χ0v) is 22.7. The number of halogens is 2. The molecule has 3 fully saturated rings. The zero-order valence-electron chi connectivity index (χ0n) is 22.7. The summed E-state index contributed by atoms with van der Waals surface area (Å²) in [6.45, 7) is 4.05. The van der Waals surface area contributed by atoms with Crippen LogP contribution in [0.3, 0.4) is 0 Å². The number of rotatable bonds is 8. The van der Waals surface area contributed by atoms with Crippen molar-refractivity contribution in [1.82, 2.24) is 25.0 Å². The number of nitrogens with two attached hydrogens (primary N) is 1. The molecule has 2 aromatic rings. The average molecular weight is 573 g/mol. The molecule has 0 spiro atoms. The summed E-state index contributed by atoms with van der Waals surface area (Å²) in [5, 5.41) is 8.45. The Morgan fingerprint density at radius 2 is 1.95 bits per heavy atom. The van der Waals surface area contributed by atoms with Gasteiger partial charge in [-0.2, -0.15) is 0 Å². The first kappa shape index (κ1) is 29.1. The van der Waals surface area contributed by atoms with Crippen LogP contribution in [0.1, 0.15) is 10.4 Å². The van der Waals surface area contributed by atoms with Crippen molar-refractivity contribution >= 4 is 17.5 Å². The highest BCUT2D eigenvalue weighted by atomic mass is 19.1. The number of nitrogens with one attached hydrogen (secondary N) is 2. The van der Waals surface area contributed by atoms with Crippen molar-refractivity contribution in [2.45, 2.75) is 24.5 Å². The summed E-state index contributed by atoms with van der Waals surface area (Å²) in [7, 11) is 1.61. The smallest absolute Gasteiger partial charge is 0.254 e. The second-order valence-electron chi connectivity index (χ2n) is 10.6. The fraction of sp³-hybridized carbons (Fsp3) is 0.519. The van der Waals surface area contributed by atoms with Gasteiger partial charge in [0.1, 0.15) is 17.9 Å². The van der Waals surface area contributed by atoms with Crippen LogP contribution in [0.5, 0.6) is 0 Å². The average Bonchev–Trinajstić information content (AvgIpc) is 2.94. The molecule has 2 amide bonds. The molecule has 4 heterocycles. The van der Waals surface area contributed by atoms with Gasteiger partial charge in [0.05, 0.1) is 37.3 Å². The Morgan fingerprint density at radius 1 is 1.20 bits per heavy atom. The number of hydrogen-bond donors (Lipinski definition) is 3. The molecule has 0 aliphatic carbocycles. The normalized spacial score (nSPS) is 23.9. The van der Waals surface area contributed by atoms with Gasteiger partial charge >= 0.3 is 0 Å². The molecule has 1 aromatic heterocycles. The minimum atomic E-state index is -1.42. The lowest BCUT2D eigenvalue weighted by Gasteiger charge is -2.42. The molecule has 1 aromatic carbocycles. The predicted molar refractivity (Wildman–Crippen MR) is 147 cm³/mol. The van der Waals surface area contributed by atoms with Crippen LogP contribution in [0.25, 0.3) is 11.1 Å².